The topological polar surface area (TPSA) is 108 Å². The molecule has 2 rings (SSSR count). The van der Waals surface area contributed by atoms with Crippen molar-refractivity contribution in [3.05, 3.63) is 40.0 Å². The molecule has 9 heteroatoms. The Bertz CT molecular complexity index is 841. The first kappa shape index (κ1) is 19.8. The lowest BCUT2D eigenvalue weighted by Crippen LogP contribution is -2.41. The Morgan fingerprint density at radius 1 is 1.41 bits per heavy atom. The summed E-state index contributed by atoms with van der Waals surface area (Å²) >= 11 is 0. The quantitative estimate of drug-likeness (QED) is 0.244. The van der Waals surface area contributed by atoms with Gasteiger partial charge in [-0.05, 0) is 0 Å². The fourth-order valence-electron chi connectivity index (χ4n) is 2.78. The number of likely N-dealkylation sites (tertiary alicyclic amines) is 1. The van der Waals surface area contributed by atoms with Gasteiger partial charge in [-0.1, -0.05) is 18.1 Å². The minimum absolute atomic E-state index is 0.0362. The third-order valence-electron chi connectivity index (χ3n) is 4.01. The molecule has 1 heterocycles. The van der Waals surface area contributed by atoms with Gasteiger partial charge in [-0.2, -0.15) is 0 Å². The predicted molar refractivity (Wildman–Crippen MR) is 94.6 cm³/mol. The van der Waals surface area contributed by atoms with Crippen LogP contribution in [-0.2, 0) is 9.53 Å². The zero-order chi connectivity index (χ0) is 20.1. The van der Waals surface area contributed by atoms with Gasteiger partial charge >= 0.3 is 5.97 Å². The van der Waals surface area contributed by atoms with Gasteiger partial charge < -0.3 is 19.1 Å². The minimum atomic E-state index is -0.891. The van der Waals surface area contributed by atoms with Crippen LogP contribution in [0.2, 0.25) is 0 Å². The molecule has 0 aromatic heterocycles. The van der Waals surface area contributed by atoms with Gasteiger partial charge in [-0.15, -0.1) is 6.42 Å². The molecule has 0 spiro atoms. The number of nitro groups is 1. The number of methoxy groups -OCH3 is 2. The molecule has 1 aliphatic heterocycles. The van der Waals surface area contributed by atoms with Gasteiger partial charge in [-0.25, -0.2) is 4.79 Å². The highest BCUT2D eigenvalue weighted by molar-refractivity contribution is 6.01. The Balaban J connectivity index is 2.51. The summed E-state index contributed by atoms with van der Waals surface area (Å²) in [6, 6.07) is 1.38. The highest BCUT2D eigenvalue weighted by Gasteiger charge is 2.39. The predicted octanol–water partition coefficient (Wildman–Crippen LogP) is 1.56. The average molecular weight is 374 g/mol. The summed E-state index contributed by atoms with van der Waals surface area (Å²) in [6.07, 6.45) is 5.36. The van der Waals surface area contributed by atoms with E-state index in [9.17, 15) is 19.7 Å². The van der Waals surface area contributed by atoms with E-state index in [-0.39, 0.29) is 36.6 Å². The number of esters is 1. The molecule has 1 atom stereocenters. The SMILES string of the molecule is C#CCOc1cc([N+](=O)[O-])c(C(=O)N2CC(=C)C[C@H]2C(=O)OC)cc1OC. The molecule has 9 nitrogen and oxygen atoms in total. The van der Waals surface area contributed by atoms with Crippen molar-refractivity contribution < 1.29 is 28.7 Å². The number of carbonyl (C=O) groups excluding carboxylic acids is 2. The number of hydrogen-bond acceptors (Lipinski definition) is 7. The van der Waals surface area contributed by atoms with Crippen LogP contribution in [0.4, 0.5) is 5.69 Å². The first-order valence-corrected chi connectivity index (χ1v) is 7.82. The highest BCUT2D eigenvalue weighted by Crippen LogP contribution is 2.36. The zero-order valence-corrected chi connectivity index (χ0v) is 14.9. The first-order chi connectivity index (χ1) is 12.8. The molecule has 142 valence electrons. The molecule has 27 heavy (non-hydrogen) atoms. The van der Waals surface area contributed by atoms with Gasteiger partial charge in [0.15, 0.2) is 11.5 Å². The standard InChI is InChI=1S/C18H18N2O7/c1-5-6-27-16-9-13(20(23)24)12(8-15(16)25-3)17(21)19-10-11(2)7-14(19)18(22)26-4/h1,8-9,14H,2,6-7,10H2,3-4H3/t14-/m0/s1. The van der Waals surface area contributed by atoms with Crippen LogP contribution in [0, 0.1) is 22.5 Å². The largest absolute Gasteiger partial charge is 0.493 e. The summed E-state index contributed by atoms with van der Waals surface area (Å²) in [5, 5.41) is 11.5. The summed E-state index contributed by atoms with van der Waals surface area (Å²) in [7, 11) is 2.53. The number of terminal acetylenes is 1. The molecule has 1 amide bonds. The Kier molecular flexibility index (Phi) is 6.03. The lowest BCUT2D eigenvalue weighted by atomic mass is 10.1. The first-order valence-electron chi connectivity index (χ1n) is 7.82. The Labute approximate surface area is 155 Å². The van der Waals surface area contributed by atoms with Crippen LogP contribution in [0.1, 0.15) is 16.8 Å². The summed E-state index contributed by atoms with van der Waals surface area (Å²) in [5.74, 6) is 1.05. The number of nitro benzene ring substituents is 1. The lowest BCUT2D eigenvalue weighted by Gasteiger charge is -2.22. The van der Waals surface area contributed by atoms with Crippen molar-refractivity contribution in [3.63, 3.8) is 0 Å². The Hall–Kier alpha value is -3.54. The van der Waals surface area contributed by atoms with Crippen LogP contribution >= 0.6 is 0 Å². The second kappa shape index (κ2) is 8.23. The lowest BCUT2D eigenvalue weighted by molar-refractivity contribution is -0.385. The smallest absolute Gasteiger partial charge is 0.328 e. The molecule has 0 bridgehead atoms. The van der Waals surface area contributed by atoms with E-state index >= 15 is 0 Å². The molecule has 1 saturated heterocycles. The van der Waals surface area contributed by atoms with E-state index < -0.39 is 28.5 Å². The van der Waals surface area contributed by atoms with Gasteiger partial charge in [0.25, 0.3) is 11.6 Å². The van der Waals surface area contributed by atoms with Crippen molar-refractivity contribution >= 4 is 17.6 Å². The number of nitrogens with zero attached hydrogens (tertiary/aromatic N) is 2. The van der Waals surface area contributed by atoms with Gasteiger partial charge in [0.05, 0.1) is 25.2 Å². The van der Waals surface area contributed by atoms with Gasteiger partial charge in [0.2, 0.25) is 0 Å². The van der Waals surface area contributed by atoms with Crippen LogP contribution in [0.25, 0.3) is 0 Å². The van der Waals surface area contributed by atoms with Crippen molar-refractivity contribution in [1.82, 2.24) is 4.90 Å². The van der Waals surface area contributed by atoms with E-state index in [2.05, 4.69) is 12.5 Å². The summed E-state index contributed by atoms with van der Waals surface area (Å²) in [6.45, 7) is 3.75. The van der Waals surface area contributed by atoms with E-state index in [4.69, 9.17) is 20.6 Å². The van der Waals surface area contributed by atoms with Crippen molar-refractivity contribution in [2.75, 3.05) is 27.4 Å². The summed E-state index contributed by atoms with van der Waals surface area (Å²) < 4.78 is 15.1. The van der Waals surface area contributed by atoms with E-state index in [1.807, 2.05) is 0 Å². The molecule has 0 aliphatic carbocycles. The van der Waals surface area contributed by atoms with E-state index in [1.54, 1.807) is 0 Å². The minimum Gasteiger partial charge on any atom is -0.493 e. The number of amides is 1. The fourth-order valence-corrected chi connectivity index (χ4v) is 2.78. The molecule has 0 saturated carbocycles. The molecule has 0 radical (unpaired) electrons. The third kappa shape index (κ3) is 4.00. The van der Waals surface area contributed by atoms with Crippen molar-refractivity contribution in [3.8, 4) is 23.8 Å². The normalized spacial score (nSPS) is 15.8. The molecular weight excluding hydrogens is 356 g/mol. The third-order valence-corrected chi connectivity index (χ3v) is 4.01. The number of hydrogen-bond donors (Lipinski definition) is 0. The molecule has 0 unspecified atom stereocenters. The second-order valence-electron chi connectivity index (χ2n) is 5.70. The number of rotatable bonds is 6. The van der Waals surface area contributed by atoms with Gasteiger partial charge in [-0.3, -0.25) is 14.9 Å². The Morgan fingerprint density at radius 3 is 2.67 bits per heavy atom. The Morgan fingerprint density at radius 2 is 2.11 bits per heavy atom. The molecule has 1 aromatic carbocycles. The maximum absolute atomic E-state index is 13.0. The van der Waals surface area contributed by atoms with Crippen LogP contribution < -0.4 is 9.47 Å². The van der Waals surface area contributed by atoms with E-state index in [0.717, 1.165) is 6.07 Å². The molecule has 1 aromatic rings. The number of ether oxygens (including phenoxy) is 3. The van der Waals surface area contributed by atoms with E-state index in [1.165, 1.54) is 25.2 Å². The van der Waals surface area contributed by atoms with Crippen LogP contribution in [0.3, 0.4) is 0 Å². The fraction of sp³-hybridized carbons (Fsp3) is 0.333. The second-order valence-corrected chi connectivity index (χ2v) is 5.70. The maximum atomic E-state index is 13.0. The van der Waals surface area contributed by atoms with Crippen molar-refractivity contribution in [2.24, 2.45) is 0 Å². The molecule has 0 N–H and O–H groups in total. The number of benzene rings is 1. The molecule has 1 aliphatic rings. The maximum Gasteiger partial charge on any atom is 0.328 e. The zero-order valence-electron chi connectivity index (χ0n) is 14.9. The van der Waals surface area contributed by atoms with E-state index in [0.29, 0.717) is 5.57 Å². The van der Waals surface area contributed by atoms with Crippen molar-refractivity contribution in [2.45, 2.75) is 12.5 Å². The van der Waals surface area contributed by atoms with Crippen LogP contribution in [-0.4, -0.2) is 55.1 Å². The average Bonchev–Trinajstić information content (AvgIpc) is 3.05. The van der Waals surface area contributed by atoms with Gasteiger partial charge in [0.1, 0.15) is 18.2 Å². The monoisotopic (exact) mass is 374 g/mol. The molecule has 1 fully saturated rings. The highest BCUT2D eigenvalue weighted by atomic mass is 16.6. The van der Waals surface area contributed by atoms with Crippen molar-refractivity contribution in [1.29, 1.82) is 0 Å². The molecular formula is C18H18N2O7. The number of carbonyl (C=O) groups is 2. The van der Waals surface area contributed by atoms with Gasteiger partial charge in [0, 0.05) is 19.0 Å². The van der Waals surface area contributed by atoms with Crippen LogP contribution in [0.15, 0.2) is 24.3 Å². The summed E-state index contributed by atoms with van der Waals surface area (Å²) in [5.41, 5.74) is -0.0928. The van der Waals surface area contributed by atoms with Crippen LogP contribution in [0.5, 0.6) is 11.5 Å². The summed E-state index contributed by atoms with van der Waals surface area (Å²) in [4.78, 5) is 36.9.